The number of carbonyl (C=O) groups is 2. The quantitative estimate of drug-likeness (QED) is 0.717. The summed E-state index contributed by atoms with van der Waals surface area (Å²) in [6, 6.07) is 9.16. The molecule has 1 atom stereocenters. The summed E-state index contributed by atoms with van der Waals surface area (Å²) in [7, 11) is 1.25. The predicted molar refractivity (Wildman–Crippen MR) is 99.0 cm³/mol. The Bertz CT molecular complexity index is 870. The lowest BCUT2D eigenvalue weighted by atomic mass is 10.1. The summed E-state index contributed by atoms with van der Waals surface area (Å²) in [5.41, 5.74) is 2.59. The Hall–Kier alpha value is -3.16. The van der Waals surface area contributed by atoms with E-state index in [9.17, 15) is 18.4 Å². The number of carbonyl (C=O) groups excluding carboxylic acids is 2. The summed E-state index contributed by atoms with van der Waals surface area (Å²) >= 11 is 0. The van der Waals surface area contributed by atoms with Gasteiger partial charge in [-0.25, -0.2) is 4.79 Å². The van der Waals surface area contributed by atoms with Gasteiger partial charge in [0.05, 0.1) is 12.7 Å². The summed E-state index contributed by atoms with van der Waals surface area (Å²) < 4.78 is 39.2. The second-order valence-electron chi connectivity index (χ2n) is 6.10. The molecule has 0 aromatic heterocycles. The standard InChI is InChI=1S/C20H21F2NO5/c1-11-5-7-15(12(2)9-11)23-18(24)13(3)27-19(25)14-6-8-16(28-20(21)22)17(10-14)26-4/h5-10,13,20H,1-4H3,(H,23,24)/t13-/m1/s1. The molecule has 0 radical (unpaired) electrons. The highest BCUT2D eigenvalue weighted by Gasteiger charge is 2.21. The van der Waals surface area contributed by atoms with Gasteiger partial charge in [-0.05, 0) is 50.6 Å². The van der Waals surface area contributed by atoms with Crippen LogP contribution in [0.15, 0.2) is 36.4 Å². The molecule has 0 aliphatic heterocycles. The molecule has 1 N–H and O–H groups in total. The lowest BCUT2D eigenvalue weighted by Gasteiger charge is -2.16. The van der Waals surface area contributed by atoms with Gasteiger partial charge in [0, 0.05) is 5.69 Å². The fraction of sp³-hybridized carbons (Fsp3) is 0.300. The van der Waals surface area contributed by atoms with E-state index >= 15 is 0 Å². The summed E-state index contributed by atoms with van der Waals surface area (Å²) in [5, 5.41) is 2.70. The molecule has 0 heterocycles. The van der Waals surface area contributed by atoms with E-state index in [0.29, 0.717) is 5.69 Å². The van der Waals surface area contributed by atoms with Crippen molar-refractivity contribution in [3.8, 4) is 11.5 Å². The number of ether oxygens (including phenoxy) is 3. The van der Waals surface area contributed by atoms with Gasteiger partial charge in [-0.15, -0.1) is 0 Å². The Morgan fingerprint density at radius 3 is 2.36 bits per heavy atom. The number of anilines is 1. The van der Waals surface area contributed by atoms with E-state index < -0.39 is 24.6 Å². The topological polar surface area (TPSA) is 73.9 Å². The van der Waals surface area contributed by atoms with Crippen LogP contribution in [-0.2, 0) is 9.53 Å². The largest absolute Gasteiger partial charge is 0.493 e. The van der Waals surface area contributed by atoms with Gasteiger partial charge in [0.2, 0.25) is 0 Å². The number of benzene rings is 2. The van der Waals surface area contributed by atoms with Crippen LogP contribution in [-0.4, -0.2) is 31.7 Å². The summed E-state index contributed by atoms with van der Waals surface area (Å²) in [6.45, 7) is 2.20. The van der Waals surface area contributed by atoms with Crippen LogP contribution in [0.1, 0.15) is 28.4 Å². The van der Waals surface area contributed by atoms with Gasteiger partial charge in [-0.1, -0.05) is 17.7 Å². The molecule has 0 unspecified atom stereocenters. The van der Waals surface area contributed by atoms with Crippen molar-refractivity contribution in [3.63, 3.8) is 0 Å². The number of hydrogen-bond acceptors (Lipinski definition) is 5. The van der Waals surface area contributed by atoms with Gasteiger partial charge in [0.1, 0.15) is 0 Å². The summed E-state index contributed by atoms with van der Waals surface area (Å²) in [4.78, 5) is 24.6. The third-order valence-corrected chi connectivity index (χ3v) is 3.91. The van der Waals surface area contributed by atoms with Crippen LogP contribution < -0.4 is 14.8 Å². The Labute approximate surface area is 161 Å². The predicted octanol–water partition coefficient (Wildman–Crippen LogP) is 4.10. The van der Waals surface area contributed by atoms with Crippen molar-refractivity contribution >= 4 is 17.6 Å². The molecular formula is C20H21F2NO5. The average molecular weight is 393 g/mol. The van der Waals surface area contributed by atoms with Crippen molar-refractivity contribution in [2.45, 2.75) is 33.5 Å². The number of nitrogens with one attached hydrogen (secondary N) is 1. The summed E-state index contributed by atoms with van der Waals surface area (Å²) in [5.74, 6) is -1.56. The van der Waals surface area contributed by atoms with Gasteiger partial charge >= 0.3 is 12.6 Å². The van der Waals surface area contributed by atoms with E-state index in [4.69, 9.17) is 9.47 Å². The van der Waals surface area contributed by atoms with Crippen LogP contribution in [0.5, 0.6) is 11.5 Å². The normalized spacial score (nSPS) is 11.7. The monoisotopic (exact) mass is 393 g/mol. The first-order chi connectivity index (χ1) is 13.2. The molecule has 0 fully saturated rings. The Morgan fingerprint density at radius 1 is 1.04 bits per heavy atom. The molecule has 0 saturated carbocycles. The van der Waals surface area contributed by atoms with Gasteiger partial charge in [-0.2, -0.15) is 8.78 Å². The number of amides is 1. The maximum atomic E-state index is 12.4. The zero-order chi connectivity index (χ0) is 20.8. The van der Waals surface area contributed by atoms with Gasteiger partial charge < -0.3 is 19.5 Å². The molecule has 28 heavy (non-hydrogen) atoms. The number of methoxy groups -OCH3 is 1. The molecular weight excluding hydrogens is 372 g/mol. The van der Waals surface area contributed by atoms with Crippen LogP contribution in [0.4, 0.5) is 14.5 Å². The zero-order valence-corrected chi connectivity index (χ0v) is 15.9. The minimum atomic E-state index is -3.03. The van der Waals surface area contributed by atoms with Crippen molar-refractivity contribution in [3.05, 3.63) is 53.1 Å². The Balaban J connectivity index is 2.05. The van der Waals surface area contributed by atoms with Crippen LogP contribution in [0.2, 0.25) is 0 Å². The molecule has 0 saturated heterocycles. The molecule has 1 amide bonds. The number of aryl methyl sites for hydroxylation is 2. The number of rotatable bonds is 7. The molecule has 8 heteroatoms. The minimum absolute atomic E-state index is 0.0321. The molecule has 0 aliphatic carbocycles. The van der Waals surface area contributed by atoms with Crippen molar-refractivity contribution < 1.29 is 32.6 Å². The first-order valence-electron chi connectivity index (χ1n) is 8.43. The van der Waals surface area contributed by atoms with E-state index in [0.717, 1.165) is 11.1 Å². The molecule has 2 aromatic rings. The number of hydrogen-bond donors (Lipinski definition) is 1. The highest BCUT2D eigenvalue weighted by Crippen LogP contribution is 2.29. The third-order valence-electron chi connectivity index (χ3n) is 3.91. The minimum Gasteiger partial charge on any atom is -0.493 e. The fourth-order valence-corrected chi connectivity index (χ4v) is 2.46. The first kappa shape index (κ1) is 21.1. The lowest BCUT2D eigenvalue weighted by molar-refractivity contribution is -0.123. The number of alkyl halides is 2. The average Bonchev–Trinajstić information content (AvgIpc) is 2.63. The molecule has 6 nitrogen and oxygen atoms in total. The van der Waals surface area contributed by atoms with Crippen molar-refractivity contribution in [1.29, 1.82) is 0 Å². The molecule has 2 rings (SSSR count). The van der Waals surface area contributed by atoms with Crippen molar-refractivity contribution in [2.75, 3.05) is 12.4 Å². The second kappa shape index (κ2) is 9.16. The second-order valence-corrected chi connectivity index (χ2v) is 6.10. The van der Waals surface area contributed by atoms with E-state index in [2.05, 4.69) is 10.1 Å². The molecule has 0 bridgehead atoms. The smallest absolute Gasteiger partial charge is 0.387 e. The Morgan fingerprint density at radius 2 is 1.75 bits per heavy atom. The third kappa shape index (κ3) is 5.42. The van der Waals surface area contributed by atoms with Crippen LogP contribution in [0.3, 0.4) is 0 Å². The SMILES string of the molecule is COc1cc(C(=O)O[C@H](C)C(=O)Nc2ccc(C)cc2C)ccc1OC(F)F. The highest BCUT2D eigenvalue weighted by molar-refractivity contribution is 5.98. The van der Waals surface area contributed by atoms with Crippen LogP contribution in [0.25, 0.3) is 0 Å². The van der Waals surface area contributed by atoms with Gasteiger partial charge in [0.25, 0.3) is 5.91 Å². The van der Waals surface area contributed by atoms with Gasteiger partial charge in [0.15, 0.2) is 17.6 Å². The van der Waals surface area contributed by atoms with Crippen LogP contribution >= 0.6 is 0 Å². The molecule has 150 valence electrons. The van der Waals surface area contributed by atoms with Gasteiger partial charge in [-0.3, -0.25) is 4.79 Å². The maximum absolute atomic E-state index is 12.4. The molecule has 2 aromatic carbocycles. The zero-order valence-electron chi connectivity index (χ0n) is 15.9. The van der Waals surface area contributed by atoms with E-state index in [1.165, 1.54) is 32.2 Å². The van der Waals surface area contributed by atoms with Crippen molar-refractivity contribution in [2.24, 2.45) is 0 Å². The van der Waals surface area contributed by atoms with Crippen molar-refractivity contribution in [1.82, 2.24) is 0 Å². The van der Waals surface area contributed by atoms with E-state index in [-0.39, 0.29) is 17.1 Å². The maximum Gasteiger partial charge on any atom is 0.387 e. The first-order valence-corrected chi connectivity index (χ1v) is 8.43. The van der Waals surface area contributed by atoms with E-state index in [1.807, 2.05) is 26.0 Å². The number of esters is 1. The highest BCUT2D eigenvalue weighted by atomic mass is 19.3. The van der Waals surface area contributed by atoms with Crippen LogP contribution in [0, 0.1) is 13.8 Å². The Kier molecular flexibility index (Phi) is 6.92. The summed E-state index contributed by atoms with van der Waals surface area (Å²) in [6.07, 6.45) is -1.07. The lowest BCUT2D eigenvalue weighted by Crippen LogP contribution is -2.30. The molecule has 0 aliphatic rings. The van der Waals surface area contributed by atoms with E-state index in [1.54, 1.807) is 6.07 Å². The molecule has 0 spiro atoms. The fourth-order valence-electron chi connectivity index (χ4n) is 2.46. The number of halogens is 2.